The number of benzene rings is 3. The molecule has 0 heterocycles. The van der Waals surface area contributed by atoms with Crippen molar-refractivity contribution in [2.24, 2.45) is 0 Å². The van der Waals surface area contributed by atoms with Gasteiger partial charge in [0.15, 0.2) is 0 Å². The molecule has 1 atom stereocenters. The molecule has 0 bridgehead atoms. The molecule has 0 saturated heterocycles. The third-order valence-electron chi connectivity index (χ3n) is 5.35. The summed E-state index contributed by atoms with van der Waals surface area (Å²) in [7, 11) is 0. The number of carbonyl (C=O) groups is 1. The highest BCUT2D eigenvalue weighted by molar-refractivity contribution is 5.95. The Hall–Kier alpha value is -2.98. The van der Waals surface area contributed by atoms with Crippen molar-refractivity contribution in [1.82, 2.24) is 0 Å². The Balaban J connectivity index is 0.00000320. The van der Waals surface area contributed by atoms with Crippen molar-refractivity contribution in [3.8, 4) is 0 Å². The highest BCUT2D eigenvalue weighted by atomic mass is 35.5. The van der Waals surface area contributed by atoms with Gasteiger partial charge in [0.2, 0.25) is 0 Å². The summed E-state index contributed by atoms with van der Waals surface area (Å²) in [5, 5.41) is 12.6. The van der Waals surface area contributed by atoms with E-state index in [2.05, 4.69) is 67.4 Å². The van der Waals surface area contributed by atoms with Crippen molar-refractivity contribution in [1.29, 1.82) is 0 Å². The summed E-state index contributed by atoms with van der Waals surface area (Å²) in [5.74, 6) is -0.669. The SMILES string of the molecule is CCN(CC)c1cccc(C(C)c2ccc(Nc3ccccc3C(=O)O)cc2)c1.Cl. The Bertz CT molecular complexity index is 969. The standard InChI is InChI=1S/C25H28N2O2.ClH/c1-4-27(5-2)22-10-8-9-20(17-22)18(3)19-13-15-21(16-14-19)26-24-12-7-6-11-23(24)25(28)29;/h6-18,26H,4-5H2,1-3H3,(H,28,29);1H. The molecule has 3 aromatic rings. The summed E-state index contributed by atoms with van der Waals surface area (Å²) >= 11 is 0. The second-order valence-electron chi connectivity index (χ2n) is 7.09. The number of carboxylic acids is 1. The lowest BCUT2D eigenvalue weighted by molar-refractivity contribution is 0.0698. The highest BCUT2D eigenvalue weighted by Crippen LogP contribution is 2.29. The Labute approximate surface area is 185 Å². The quantitative estimate of drug-likeness (QED) is 0.430. The first kappa shape index (κ1) is 23.3. The van der Waals surface area contributed by atoms with Gasteiger partial charge in [-0.2, -0.15) is 0 Å². The van der Waals surface area contributed by atoms with E-state index < -0.39 is 5.97 Å². The summed E-state index contributed by atoms with van der Waals surface area (Å²) < 4.78 is 0. The maximum atomic E-state index is 11.4. The normalized spacial score (nSPS) is 11.3. The van der Waals surface area contributed by atoms with Crippen LogP contribution in [-0.4, -0.2) is 24.2 Å². The predicted octanol–water partition coefficient (Wildman–Crippen LogP) is 6.55. The van der Waals surface area contributed by atoms with Gasteiger partial charge in [0.25, 0.3) is 0 Å². The lowest BCUT2D eigenvalue weighted by Crippen LogP contribution is -2.21. The van der Waals surface area contributed by atoms with Crippen LogP contribution in [0.1, 0.15) is 48.2 Å². The van der Waals surface area contributed by atoms with E-state index in [-0.39, 0.29) is 23.9 Å². The van der Waals surface area contributed by atoms with Crippen LogP contribution in [0.3, 0.4) is 0 Å². The number of hydrogen-bond donors (Lipinski definition) is 2. The average molecular weight is 425 g/mol. The van der Waals surface area contributed by atoms with Crippen molar-refractivity contribution >= 4 is 35.4 Å². The van der Waals surface area contributed by atoms with Crippen molar-refractivity contribution in [2.75, 3.05) is 23.3 Å². The number of carboxylic acid groups (broad SMARTS) is 1. The topological polar surface area (TPSA) is 52.6 Å². The van der Waals surface area contributed by atoms with Gasteiger partial charge >= 0.3 is 5.97 Å². The first-order valence-corrected chi connectivity index (χ1v) is 10.1. The first-order chi connectivity index (χ1) is 14.0. The van der Waals surface area contributed by atoms with E-state index in [0.717, 1.165) is 18.8 Å². The maximum absolute atomic E-state index is 11.4. The molecule has 3 aromatic carbocycles. The number of anilines is 3. The molecule has 3 rings (SSSR count). The van der Waals surface area contributed by atoms with E-state index in [4.69, 9.17) is 0 Å². The van der Waals surface area contributed by atoms with Gasteiger partial charge in [0.1, 0.15) is 0 Å². The van der Waals surface area contributed by atoms with Crippen LogP contribution < -0.4 is 10.2 Å². The molecule has 2 N–H and O–H groups in total. The van der Waals surface area contributed by atoms with Crippen LogP contribution in [0.5, 0.6) is 0 Å². The smallest absolute Gasteiger partial charge is 0.337 e. The van der Waals surface area contributed by atoms with Gasteiger partial charge in [0, 0.05) is 30.4 Å². The zero-order chi connectivity index (χ0) is 20.8. The summed E-state index contributed by atoms with van der Waals surface area (Å²) in [6.07, 6.45) is 0. The van der Waals surface area contributed by atoms with Gasteiger partial charge in [-0.25, -0.2) is 4.79 Å². The molecule has 4 nitrogen and oxygen atoms in total. The second-order valence-corrected chi connectivity index (χ2v) is 7.09. The molecule has 0 spiro atoms. The summed E-state index contributed by atoms with van der Waals surface area (Å²) in [5.41, 5.74) is 5.48. The van der Waals surface area contributed by atoms with E-state index >= 15 is 0 Å². The summed E-state index contributed by atoms with van der Waals surface area (Å²) in [6, 6.07) is 23.9. The molecule has 1 unspecified atom stereocenters. The van der Waals surface area contributed by atoms with Crippen LogP contribution in [0.4, 0.5) is 17.1 Å². The Morgan fingerprint density at radius 2 is 1.60 bits per heavy atom. The monoisotopic (exact) mass is 424 g/mol. The van der Waals surface area contributed by atoms with Crippen molar-refractivity contribution in [3.63, 3.8) is 0 Å². The Morgan fingerprint density at radius 1 is 0.933 bits per heavy atom. The molecule has 0 saturated carbocycles. The van der Waals surface area contributed by atoms with E-state index in [1.165, 1.54) is 16.8 Å². The summed E-state index contributed by atoms with van der Waals surface area (Å²) in [4.78, 5) is 13.7. The third kappa shape index (κ3) is 5.33. The largest absolute Gasteiger partial charge is 0.478 e. The predicted molar refractivity (Wildman–Crippen MR) is 128 cm³/mol. The molecule has 5 heteroatoms. The Morgan fingerprint density at radius 3 is 2.23 bits per heavy atom. The lowest BCUT2D eigenvalue weighted by atomic mass is 9.92. The van der Waals surface area contributed by atoms with Crippen molar-refractivity contribution in [3.05, 3.63) is 89.5 Å². The van der Waals surface area contributed by atoms with Crippen LogP contribution in [0, 0.1) is 0 Å². The van der Waals surface area contributed by atoms with Gasteiger partial charge in [0.05, 0.1) is 11.3 Å². The van der Waals surface area contributed by atoms with Crippen LogP contribution >= 0.6 is 12.4 Å². The zero-order valence-corrected chi connectivity index (χ0v) is 18.4. The minimum Gasteiger partial charge on any atom is -0.478 e. The van der Waals surface area contributed by atoms with Crippen molar-refractivity contribution in [2.45, 2.75) is 26.7 Å². The van der Waals surface area contributed by atoms with Gasteiger partial charge in [-0.3, -0.25) is 0 Å². The third-order valence-corrected chi connectivity index (χ3v) is 5.35. The van der Waals surface area contributed by atoms with Gasteiger partial charge in [-0.05, 0) is 61.4 Å². The zero-order valence-electron chi connectivity index (χ0n) is 17.6. The average Bonchev–Trinajstić information content (AvgIpc) is 2.75. The molecule has 0 amide bonds. The fraction of sp³-hybridized carbons (Fsp3) is 0.240. The summed E-state index contributed by atoms with van der Waals surface area (Å²) in [6.45, 7) is 8.55. The highest BCUT2D eigenvalue weighted by Gasteiger charge is 2.12. The molecule has 0 radical (unpaired) electrons. The van der Waals surface area contributed by atoms with Gasteiger partial charge in [-0.15, -0.1) is 12.4 Å². The number of nitrogens with zero attached hydrogens (tertiary/aromatic N) is 1. The molecule has 0 aliphatic heterocycles. The number of hydrogen-bond acceptors (Lipinski definition) is 3. The van der Waals surface area contributed by atoms with Crippen LogP contribution in [0.2, 0.25) is 0 Å². The number of aromatic carboxylic acids is 1. The lowest BCUT2D eigenvalue weighted by Gasteiger charge is -2.23. The van der Waals surface area contributed by atoms with Gasteiger partial charge in [-0.1, -0.05) is 43.3 Å². The molecule has 0 aromatic heterocycles. The molecule has 30 heavy (non-hydrogen) atoms. The van der Waals surface area contributed by atoms with Crippen molar-refractivity contribution < 1.29 is 9.90 Å². The van der Waals surface area contributed by atoms with Crippen LogP contribution in [0.25, 0.3) is 0 Å². The van der Waals surface area contributed by atoms with E-state index in [0.29, 0.717) is 5.69 Å². The van der Waals surface area contributed by atoms with Crippen LogP contribution in [-0.2, 0) is 0 Å². The fourth-order valence-corrected chi connectivity index (χ4v) is 3.56. The molecule has 158 valence electrons. The number of rotatable bonds is 8. The molecular formula is C25H29ClN2O2. The fourth-order valence-electron chi connectivity index (χ4n) is 3.56. The second kappa shape index (κ2) is 10.7. The molecular weight excluding hydrogens is 396 g/mol. The molecule has 0 aliphatic rings. The minimum absolute atomic E-state index is 0. The number of halogens is 1. The molecule has 0 fully saturated rings. The minimum atomic E-state index is -0.938. The van der Waals surface area contributed by atoms with E-state index in [1.807, 2.05) is 18.2 Å². The van der Waals surface area contributed by atoms with Gasteiger partial charge < -0.3 is 15.3 Å². The Kier molecular flexibility index (Phi) is 8.31. The number of para-hydroxylation sites is 1. The van der Waals surface area contributed by atoms with Crippen LogP contribution in [0.15, 0.2) is 72.8 Å². The molecule has 0 aliphatic carbocycles. The first-order valence-electron chi connectivity index (χ1n) is 10.1. The van der Waals surface area contributed by atoms with E-state index in [1.54, 1.807) is 18.2 Å². The maximum Gasteiger partial charge on any atom is 0.337 e. The number of nitrogens with one attached hydrogen (secondary N) is 1. The van der Waals surface area contributed by atoms with E-state index in [9.17, 15) is 9.90 Å².